The highest BCUT2D eigenvalue weighted by molar-refractivity contribution is 8.18. The van der Waals surface area contributed by atoms with Gasteiger partial charge in [0.2, 0.25) is 0 Å². The quantitative estimate of drug-likeness (QED) is 0.152. The molecule has 2 amide bonds. The van der Waals surface area contributed by atoms with Crippen LogP contribution in [-0.4, -0.2) is 21.0 Å². The Labute approximate surface area is 213 Å². The second-order valence-corrected chi connectivity index (χ2v) is 9.46. The number of nitro benzene ring substituents is 1. The number of rotatable bonds is 5. The van der Waals surface area contributed by atoms with Crippen molar-refractivity contribution in [2.75, 3.05) is 0 Å². The highest BCUT2D eigenvalue weighted by Crippen LogP contribution is 2.39. The van der Waals surface area contributed by atoms with Crippen molar-refractivity contribution in [3.05, 3.63) is 103 Å². The van der Waals surface area contributed by atoms with Gasteiger partial charge in [0, 0.05) is 17.7 Å². The standard InChI is InChI=1S/C25H14Cl2N2O5S/c26-19-12-20(27)21(29(32)33)11-18(19)22-9-8-16(34-22)10-23-24(30)28(25(31)35-23)13-15-6-3-5-14-4-1-2-7-17(14)15/h1-12H,13H2/b23-10+. The fraction of sp³-hybridized carbons (Fsp3) is 0.0400. The van der Waals surface area contributed by atoms with E-state index in [0.29, 0.717) is 5.76 Å². The number of hydrogen-bond donors (Lipinski definition) is 0. The summed E-state index contributed by atoms with van der Waals surface area (Å²) < 4.78 is 5.76. The van der Waals surface area contributed by atoms with Crippen LogP contribution < -0.4 is 0 Å². The third kappa shape index (κ3) is 4.43. The first-order chi connectivity index (χ1) is 16.8. The maximum atomic E-state index is 13.0. The van der Waals surface area contributed by atoms with E-state index < -0.39 is 10.8 Å². The number of benzene rings is 3. The van der Waals surface area contributed by atoms with Crippen molar-refractivity contribution in [2.45, 2.75) is 6.54 Å². The van der Waals surface area contributed by atoms with E-state index in [1.54, 1.807) is 12.1 Å². The van der Waals surface area contributed by atoms with Crippen LogP contribution in [0.3, 0.4) is 0 Å². The van der Waals surface area contributed by atoms with Crippen molar-refractivity contribution < 1.29 is 18.9 Å². The molecule has 1 aliphatic rings. The van der Waals surface area contributed by atoms with Gasteiger partial charge in [0.15, 0.2) is 0 Å². The largest absolute Gasteiger partial charge is 0.457 e. The zero-order valence-corrected chi connectivity index (χ0v) is 20.1. The minimum absolute atomic E-state index is 0.0876. The monoisotopic (exact) mass is 524 g/mol. The van der Waals surface area contributed by atoms with Gasteiger partial charge in [0.05, 0.1) is 21.4 Å². The highest BCUT2D eigenvalue weighted by atomic mass is 35.5. The average Bonchev–Trinajstić information content (AvgIpc) is 3.39. The first kappa shape index (κ1) is 23.2. The van der Waals surface area contributed by atoms with Crippen molar-refractivity contribution in [2.24, 2.45) is 0 Å². The summed E-state index contributed by atoms with van der Waals surface area (Å²) >= 11 is 12.9. The minimum Gasteiger partial charge on any atom is -0.457 e. The summed E-state index contributed by atoms with van der Waals surface area (Å²) in [5.41, 5.74) is 0.843. The predicted molar refractivity (Wildman–Crippen MR) is 136 cm³/mol. The number of hydrogen-bond acceptors (Lipinski definition) is 6. The Balaban J connectivity index is 1.41. The lowest BCUT2D eigenvalue weighted by atomic mass is 10.0. The normalized spacial score (nSPS) is 14.9. The maximum Gasteiger partial charge on any atom is 0.293 e. The Morgan fingerprint density at radius 1 is 1.00 bits per heavy atom. The fourth-order valence-corrected chi connectivity index (χ4v) is 5.17. The molecular weight excluding hydrogens is 511 g/mol. The Kier molecular flexibility index (Phi) is 6.10. The molecule has 1 fully saturated rings. The molecule has 0 unspecified atom stereocenters. The third-order valence-corrected chi connectivity index (χ3v) is 7.00. The molecule has 2 heterocycles. The van der Waals surface area contributed by atoms with Gasteiger partial charge in [-0.25, -0.2) is 0 Å². The van der Waals surface area contributed by atoms with Gasteiger partial charge in [-0.3, -0.25) is 24.6 Å². The molecule has 174 valence electrons. The molecule has 0 spiro atoms. The van der Waals surface area contributed by atoms with E-state index in [0.717, 1.165) is 28.1 Å². The van der Waals surface area contributed by atoms with Gasteiger partial charge in [-0.2, -0.15) is 0 Å². The molecule has 0 saturated carbocycles. The smallest absolute Gasteiger partial charge is 0.293 e. The van der Waals surface area contributed by atoms with Gasteiger partial charge in [-0.05, 0) is 46.3 Å². The molecule has 0 radical (unpaired) electrons. The Morgan fingerprint density at radius 2 is 1.77 bits per heavy atom. The van der Waals surface area contributed by atoms with Crippen LogP contribution in [0.25, 0.3) is 28.2 Å². The zero-order chi connectivity index (χ0) is 24.7. The average molecular weight is 525 g/mol. The van der Waals surface area contributed by atoms with Crippen LogP contribution in [0.15, 0.2) is 76.1 Å². The highest BCUT2D eigenvalue weighted by Gasteiger charge is 2.35. The van der Waals surface area contributed by atoms with E-state index in [2.05, 4.69) is 0 Å². The number of nitro groups is 1. The van der Waals surface area contributed by atoms with Gasteiger partial charge in [-0.1, -0.05) is 65.7 Å². The second-order valence-electron chi connectivity index (χ2n) is 7.65. The molecule has 35 heavy (non-hydrogen) atoms. The summed E-state index contributed by atoms with van der Waals surface area (Å²) in [6.07, 6.45) is 1.47. The lowest BCUT2D eigenvalue weighted by Gasteiger charge is -2.14. The molecule has 0 aliphatic carbocycles. The van der Waals surface area contributed by atoms with Crippen LogP contribution in [-0.2, 0) is 11.3 Å². The summed E-state index contributed by atoms with van der Waals surface area (Å²) in [5.74, 6) is 0.131. The minimum atomic E-state index is -0.613. The number of amides is 2. The van der Waals surface area contributed by atoms with Crippen LogP contribution >= 0.6 is 35.0 Å². The molecular formula is C25H14Cl2N2O5S. The molecule has 5 rings (SSSR count). The van der Waals surface area contributed by atoms with Gasteiger partial charge >= 0.3 is 0 Å². The number of fused-ring (bicyclic) bond motifs is 1. The van der Waals surface area contributed by atoms with Gasteiger partial charge in [-0.15, -0.1) is 0 Å². The Hall–Kier alpha value is -3.59. The van der Waals surface area contributed by atoms with E-state index in [1.165, 1.54) is 23.1 Å². The summed E-state index contributed by atoms with van der Waals surface area (Å²) in [5, 5.41) is 12.9. The summed E-state index contributed by atoms with van der Waals surface area (Å²) in [6, 6.07) is 19.2. The van der Waals surface area contributed by atoms with E-state index in [1.807, 2.05) is 42.5 Å². The topological polar surface area (TPSA) is 93.7 Å². The fourth-order valence-electron chi connectivity index (χ4n) is 3.81. The first-order valence-corrected chi connectivity index (χ1v) is 11.8. The zero-order valence-electron chi connectivity index (χ0n) is 17.7. The molecule has 0 N–H and O–H groups in total. The van der Waals surface area contributed by atoms with Gasteiger partial charge < -0.3 is 4.42 Å². The number of carbonyl (C=O) groups excluding carboxylic acids is 2. The second kappa shape index (κ2) is 9.22. The summed E-state index contributed by atoms with van der Waals surface area (Å²) in [6.45, 7) is 0.150. The van der Waals surface area contributed by atoms with Crippen LogP contribution in [0, 0.1) is 10.1 Å². The summed E-state index contributed by atoms with van der Waals surface area (Å²) in [4.78, 5) is 37.7. The number of furan rings is 1. The molecule has 1 aliphatic heterocycles. The van der Waals surface area contributed by atoms with Crippen LogP contribution in [0.5, 0.6) is 0 Å². The van der Waals surface area contributed by atoms with Crippen LogP contribution in [0.4, 0.5) is 10.5 Å². The Bertz CT molecular complexity index is 1560. The molecule has 3 aromatic carbocycles. The molecule has 10 heteroatoms. The van der Waals surface area contributed by atoms with E-state index in [4.69, 9.17) is 27.6 Å². The third-order valence-electron chi connectivity index (χ3n) is 5.48. The Morgan fingerprint density at radius 3 is 2.57 bits per heavy atom. The van der Waals surface area contributed by atoms with Crippen molar-refractivity contribution in [3.8, 4) is 11.3 Å². The first-order valence-electron chi connectivity index (χ1n) is 10.3. The van der Waals surface area contributed by atoms with Gasteiger partial charge in [0.25, 0.3) is 16.8 Å². The molecule has 0 atom stereocenters. The lowest BCUT2D eigenvalue weighted by molar-refractivity contribution is -0.384. The van der Waals surface area contributed by atoms with E-state index in [-0.39, 0.29) is 43.7 Å². The number of halogens is 2. The van der Waals surface area contributed by atoms with Crippen molar-refractivity contribution in [1.82, 2.24) is 4.90 Å². The van der Waals surface area contributed by atoms with Crippen molar-refractivity contribution in [3.63, 3.8) is 0 Å². The summed E-state index contributed by atoms with van der Waals surface area (Å²) in [7, 11) is 0. The number of thioether (sulfide) groups is 1. The van der Waals surface area contributed by atoms with Crippen LogP contribution in [0.2, 0.25) is 10.0 Å². The van der Waals surface area contributed by atoms with Crippen molar-refractivity contribution >= 4 is 68.6 Å². The predicted octanol–water partition coefficient (Wildman–Crippen LogP) is 7.55. The lowest BCUT2D eigenvalue weighted by Crippen LogP contribution is -2.27. The molecule has 0 bridgehead atoms. The number of imide groups is 1. The molecule has 7 nitrogen and oxygen atoms in total. The van der Waals surface area contributed by atoms with Crippen molar-refractivity contribution in [1.29, 1.82) is 0 Å². The molecule has 1 saturated heterocycles. The maximum absolute atomic E-state index is 13.0. The number of nitrogens with zero attached hydrogens (tertiary/aromatic N) is 2. The van der Waals surface area contributed by atoms with Crippen LogP contribution in [0.1, 0.15) is 11.3 Å². The molecule has 4 aromatic rings. The van der Waals surface area contributed by atoms with Gasteiger partial charge in [0.1, 0.15) is 16.5 Å². The molecule has 1 aromatic heterocycles. The van der Waals surface area contributed by atoms with E-state index in [9.17, 15) is 19.7 Å². The number of carbonyl (C=O) groups is 2. The van der Waals surface area contributed by atoms with E-state index >= 15 is 0 Å². The SMILES string of the molecule is O=C1S/C(=C/c2ccc(-c3cc([N+](=O)[O-])c(Cl)cc3Cl)o2)C(=O)N1Cc1cccc2ccccc12.